The minimum Gasteiger partial charge on any atom is -0.379 e. The zero-order chi connectivity index (χ0) is 13.3. The first-order chi connectivity index (χ1) is 7.99. The van der Waals surface area contributed by atoms with Crippen molar-refractivity contribution in [1.29, 1.82) is 5.26 Å². The van der Waals surface area contributed by atoms with E-state index in [1.807, 2.05) is 0 Å². The molecule has 0 fully saturated rings. The lowest BCUT2D eigenvalue weighted by Crippen LogP contribution is -2.47. The number of rotatable bonds is 9. The maximum absolute atomic E-state index is 9.33. The predicted molar refractivity (Wildman–Crippen MR) is 71.8 cm³/mol. The maximum Gasteiger partial charge on any atom is 0.106 e. The molecule has 0 aliphatic carbocycles. The van der Waals surface area contributed by atoms with Crippen molar-refractivity contribution in [1.82, 2.24) is 5.32 Å². The van der Waals surface area contributed by atoms with Crippen LogP contribution in [0.3, 0.4) is 0 Å². The summed E-state index contributed by atoms with van der Waals surface area (Å²) in [4.78, 5) is 0. The average molecular weight is 240 g/mol. The highest BCUT2D eigenvalue weighted by molar-refractivity contribution is 5.06. The fraction of sp³-hybridized carbons (Fsp3) is 0.929. The Balaban J connectivity index is 4.06. The monoisotopic (exact) mass is 240 g/mol. The Bertz CT molecular complexity index is 235. The summed E-state index contributed by atoms with van der Waals surface area (Å²) in [7, 11) is 0. The molecule has 3 nitrogen and oxygen atoms in total. The highest BCUT2D eigenvalue weighted by Crippen LogP contribution is 2.18. The summed E-state index contributed by atoms with van der Waals surface area (Å²) < 4.78 is 5.64. The number of nitrogens with zero attached hydrogens (tertiary/aromatic N) is 1. The van der Waals surface area contributed by atoms with Gasteiger partial charge in [-0.25, -0.2) is 0 Å². The van der Waals surface area contributed by atoms with Crippen LogP contribution in [0.15, 0.2) is 0 Å². The number of ether oxygens (including phenoxy) is 1. The van der Waals surface area contributed by atoms with Gasteiger partial charge < -0.3 is 4.74 Å². The van der Waals surface area contributed by atoms with E-state index in [1.165, 1.54) is 0 Å². The summed E-state index contributed by atoms with van der Waals surface area (Å²) in [6.45, 7) is 11.2. The molecule has 2 atom stereocenters. The molecule has 0 aromatic rings. The van der Waals surface area contributed by atoms with Gasteiger partial charge >= 0.3 is 0 Å². The lowest BCUT2D eigenvalue weighted by atomic mass is 9.91. The second-order valence-corrected chi connectivity index (χ2v) is 5.04. The Morgan fingerprint density at radius 1 is 1.29 bits per heavy atom. The highest BCUT2D eigenvalue weighted by Gasteiger charge is 2.27. The van der Waals surface area contributed by atoms with Crippen LogP contribution < -0.4 is 5.32 Å². The Morgan fingerprint density at radius 2 is 1.94 bits per heavy atom. The first kappa shape index (κ1) is 16.4. The van der Waals surface area contributed by atoms with Crippen LogP contribution in [0.1, 0.15) is 60.3 Å². The zero-order valence-electron chi connectivity index (χ0n) is 12.0. The van der Waals surface area contributed by atoms with Crippen LogP contribution in [0, 0.1) is 11.3 Å². The Kier molecular flexibility index (Phi) is 8.20. The van der Waals surface area contributed by atoms with Crippen molar-refractivity contribution in [2.24, 2.45) is 0 Å². The van der Waals surface area contributed by atoms with Crippen molar-refractivity contribution in [2.45, 2.75) is 78.0 Å². The van der Waals surface area contributed by atoms with Crippen molar-refractivity contribution >= 4 is 0 Å². The van der Waals surface area contributed by atoms with Crippen LogP contribution in [0.2, 0.25) is 0 Å². The van der Waals surface area contributed by atoms with Crippen LogP contribution in [0.5, 0.6) is 0 Å². The van der Waals surface area contributed by atoms with Gasteiger partial charge in [0.1, 0.15) is 5.54 Å². The maximum atomic E-state index is 9.33. The molecule has 0 radical (unpaired) electrons. The average Bonchev–Trinajstić information content (AvgIpc) is 2.32. The summed E-state index contributed by atoms with van der Waals surface area (Å²) in [6, 6.07) is 2.77. The smallest absolute Gasteiger partial charge is 0.106 e. The van der Waals surface area contributed by atoms with E-state index < -0.39 is 0 Å². The van der Waals surface area contributed by atoms with Gasteiger partial charge in [-0.2, -0.15) is 5.26 Å². The largest absolute Gasteiger partial charge is 0.379 e. The van der Waals surface area contributed by atoms with Crippen molar-refractivity contribution in [3.05, 3.63) is 0 Å². The molecule has 0 bridgehead atoms. The van der Waals surface area contributed by atoms with Crippen LogP contribution >= 0.6 is 0 Å². The van der Waals surface area contributed by atoms with E-state index >= 15 is 0 Å². The third-order valence-electron chi connectivity index (χ3n) is 3.11. The standard InChI is InChI=1S/C14H28N2O/c1-6-13(5)17-10-8-9-14(7-2,11-15)16-12(3)4/h12-13,16H,6-10H2,1-5H3. The van der Waals surface area contributed by atoms with Gasteiger partial charge in [0.2, 0.25) is 0 Å². The van der Waals surface area contributed by atoms with E-state index in [1.54, 1.807) is 0 Å². The van der Waals surface area contributed by atoms with Crippen molar-refractivity contribution in [2.75, 3.05) is 6.61 Å². The summed E-state index contributed by atoms with van der Waals surface area (Å²) in [5, 5.41) is 12.7. The molecule has 0 aliphatic rings. The van der Waals surface area contributed by atoms with Crippen LogP contribution in [-0.4, -0.2) is 24.3 Å². The minimum absolute atomic E-state index is 0.325. The number of hydrogen-bond acceptors (Lipinski definition) is 3. The van der Waals surface area contributed by atoms with E-state index in [0.29, 0.717) is 12.1 Å². The molecule has 3 heteroatoms. The normalized spacial score (nSPS) is 16.5. The molecule has 0 aromatic carbocycles. The molecule has 2 unspecified atom stereocenters. The molecule has 0 rings (SSSR count). The first-order valence-electron chi connectivity index (χ1n) is 6.80. The van der Waals surface area contributed by atoms with Gasteiger partial charge in [-0.1, -0.05) is 13.8 Å². The van der Waals surface area contributed by atoms with E-state index in [9.17, 15) is 5.26 Å². The fourth-order valence-corrected chi connectivity index (χ4v) is 1.85. The second kappa shape index (κ2) is 8.49. The van der Waals surface area contributed by atoms with Gasteiger partial charge in [0, 0.05) is 12.6 Å². The molecule has 1 N–H and O–H groups in total. The Morgan fingerprint density at radius 3 is 2.35 bits per heavy atom. The van der Waals surface area contributed by atoms with Gasteiger partial charge in [-0.05, 0) is 46.5 Å². The van der Waals surface area contributed by atoms with Crippen LogP contribution in [0.4, 0.5) is 0 Å². The van der Waals surface area contributed by atoms with Crippen molar-refractivity contribution in [3.63, 3.8) is 0 Å². The lowest BCUT2D eigenvalue weighted by molar-refractivity contribution is 0.0579. The molecule has 0 saturated heterocycles. The number of nitrogens with one attached hydrogen (secondary N) is 1. The molecule has 0 heterocycles. The van der Waals surface area contributed by atoms with Gasteiger partial charge in [0.15, 0.2) is 0 Å². The molecule has 0 aliphatic heterocycles. The third-order valence-corrected chi connectivity index (χ3v) is 3.11. The summed E-state index contributed by atoms with van der Waals surface area (Å²) >= 11 is 0. The van der Waals surface area contributed by atoms with E-state index in [2.05, 4.69) is 46.0 Å². The SMILES string of the molecule is CCC(C)OCCCC(C#N)(CC)NC(C)C. The molecular weight excluding hydrogens is 212 g/mol. The van der Waals surface area contributed by atoms with E-state index in [-0.39, 0.29) is 5.54 Å². The minimum atomic E-state index is -0.382. The molecule has 0 saturated carbocycles. The quantitative estimate of drug-likeness (QED) is 0.629. The Hall–Kier alpha value is -0.590. The molecule has 0 amide bonds. The van der Waals surface area contributed by atoms with Crippen LogP contribution in [0.25, 0.3) is 0 Å². The topological polar surface area (TPSA) is 45.0 Å². The summed E-state index contributed by atoms with van der Waals surface area (Å²) in [5.41, 5.74) is -0.382. The molecular formula is C14H28N2O. The third kappa shape index (κ3) is 6.65. The van der Waals surface area contributed by atoms with Crippen molar-refractivity contribution < 1.29 is 4.74 Å². The molecule has 17 heavy (non-hydrogen) atoms. The van der Waals surface area contributed by atoms with E-state index in [4.69, 9.17) is 4.74 Å². The number of nitriles is 1. The van der Waals surface area contributed by atoms with Gasteiger partial charge in [-0.3, -0.25) is 5.32 Å². The molecule has 0 spiro atoms. The lowest BCUT2D eigenvalue weighted by Gasteiger charge is -2.29. The Labute approximate surface area is 107 Å². The van der Waals surface area contributed by atoms with Crippen molar-refractivity contribution in [3.8, 4) is 6.07 Å². The fourth-order valence-electron chi connectivity index (χ4n) is 1.85. The van der Waals surface area contributed by atoms with E-state index in [0.717, 1.165) is 32.3 Å². The predicted octanol–water partition coefficient (Wildman–Crippen LogP) is 3.25. The molecule has 100 valence electrons. The van der Waals surface area contributed by atoms with Gasteiger partial charge in [-0.15, -0.1) is 0 Å². The first-order valence-corrected chi connectivity index (χ1v) is 6.80. The van der Waals surface area contributed by atoms with Gasteiger partial charge in [0.25, 0.3) is 0 Å². The van der Waals surface area contributed by atoms with Crippen LogP contribution in [-0.2, 0) is 4.74 Å². The highest BCUT2D eigenvalue weighted by atomic mass is 16.5. The summed E-state index contributed by atoms with van der Waals surface area (Å²) in [5.74, 6) is 0. The summed E-state index contributed by atoms with van der Waals surface area (Å²) in [6.07, 6.45) is 4.00. The number of hydrogen-bond donors (Lipinski definition) is 1. The second-order valence-electron chi connectivity index (χ2n) is 5.04. The molecule has 0 aromatic heterocycles. The zero-order valence-corrected chi connectivity index (χ0v) is 12.0. The van der Waals surface area contributed by atoms with Gasteiger partial charge in [0.05, 0.1) is 12.2 Å².